The molecule has 2 aromatic rings. The van der Waals surface area contributed by atoms with E-state index in [1.807, 2.05) is 18.3 Å². The zero-order valence-electron chi connectivity index (χ0n) is 13.2. The molecule has 2 heterocycles. The number of nitrogens with one attached hydrogen (secondary N) is 1. The SMILES string of the molecule is CCCCc1ncc(CN2CC[C@@H](c3ccccc3F)C2)[nH]1. The summed E-state index contributed by atoms with van der Waals surface area (Å²) in [6.45, 7) is 5.01. The van der Waals surface area contributed by atoms with Crippen molar-refractivity contribution in [1.82, 2.24) is 14.9 Å². The molecule has 3 rings (SSSR count). The van der Waals surface area contributed by atoms with Crippen molar-refractivity contribution in [2.45, 2.75) is 45.1 Å². The van der Waals surface area contributed by atoms with E-state index in [0.717, 1.165) is 43.9 Å². The molecule has 0 spiro atoms. The second-order valence-corrected chi connectivity index (χ2v) is 6.20. The Hall–Kier alpha value is -1.68. The van der Waals surface area contributed by atoms with Crippen LogP contribution in [0.4, 0.5) is 4.39 Å². The van der Waals surface area contributed by atoms with Crippen LogP contribution in [0.15, 0.2) is 30.5 Å². The summed E-state index contributed by atoms with van der Waals surface area (Å²) in [5.74, 6) is 1.32. The normalized spacial score (nSPS) is 18.9. The molecule has 0 amide bonds. The summed E-state index contributed by atoms with van der Waals surface area (Å²) in [5, 5.41) is 0. The zero-order chi connectivity index (χ0) is 15.4. The van der Waals surface area contributed by atoms with E-state index in [4.69, 9.17) is 0 Å². The van der Waals surface area contributed by atoms with E-state index < -0.39 is 0 Å². The molecule has 0 aliphatic carbocycles. The van der Waals surface area contributed by atoms with Gasteiger partial charge in [0.1, 0.15) is 11.6 Å². The highest BCUT2D eigenvalue weighted by atomic mass is 19.1. The minimum atomic E-state index is -0.0715. The molecule has 4 heteroatoms. The first-order valence-electron chi connectivity index (χ1n) is 8.25. The highest BCUT2D eigenvalue weighted by molar-refractivity contribution is 5.23. The minimum absolute atomic E-state index is 0.0715. The highest BCUT2D eigenvalue weighted by Gasteiger charge is 2.25. The van der Waals surface area contributed by atoms with E-state index in [-0.39, 0.29) is 5.82 Å². The van der Waals surface area contributed by atoms with Crippen molar-refractivity contribution in [3.8, 4) is 0 Å². The Labute approximate surface area is 131 Å². The van der Waals surface area contributed by atoms with Gasteiger partial charge in [0.05, 0.1) is 0 Å². The van der Waals surface area contributed by atoms with Crippen molar-refractivity contribution in [2.24, 2.45) is 0 Å². The number of unbranched alkanes of at least 4 members (excludes halogenated alkanes) is 1. The van der Waals surface area contributed by atoms with Gasteiger partial charge in [-0.2, -0.15) is 0 Å². The fraction of sp³-hybridized carbons (Fsp3) is 0.500. The molecule has 3 nitrogen and oxygen atoms in total. The third-order valence-corrected chi connectivity index (χ3v) is 4.46. The average molecular weight is 301 g/mol. The quantitative estimate of drug-likeness (QED) is 0.878. The van der Waals surface area contributed by atoms with E-state index in [1.165, 1.54) is 18.5 Å². The molecule has 22 heavy (non-hydrogen) atoms. The molecule has 1 N–H and O–H groups in total. The highest BCUT2D eigenvalue weighted by Crippen LogP contribution is 2.29. The number of aromatic amines is 1. The molecule has 0 saturated carbocycles. The Kier molecular flexibility index (Phi) is 4.88. The Morgan fingerprint density at radius 2 is 2.23 bits per heavy atom. The Morgan fingerprint density at radius 3 is 3.05 bits per heavy atom. The number of hydrogen-bond donors (Lipinski definition) is 1. The van der Waals surface area contributed by atoms with Crippen molar-refractivity contribution >= 4 is 0 Å². The molecular formula is C18H24FN3. The van der Waals surface area contributed by atoms with Crippen molar-refractivity contribution in [1.29, 1.82) is 0 Å². The number of likely N-dealkylation sites (tertiary alicyclic amines) is 1. The van der Waals surface area contributed by atoms with Gasteiger partial charge in [0.15, 0.2) is 0 Å². The summed E-state index contributed by atoms with van der Waals surface area (Å²) in [6, 6.07) is 7.17. The van der Waals surface area contributed by atoms with Crippen LogP contribution in [0.25, 0.3) is 0 Å². The van der Waals surface area contributed by atoms with Crippen molar-refractivity contribution in [2.75, 3.05) is 13.1 Å². The second kappa shape index (κ2) is 7.05. The van der Waals surface area contributed by atoms with E-state index in [2.05, 4.69) is 21.8 Å². The van der Waals surface area contributed by atoms with Gasteiger partial charge in [-0.05, 0) is 31.0 Å². The van der Waals surface area contributed by atoms with Crippen LogP contribution in [-0.4, -0.2) is 28.0 Å². The van der Waals surface area contributed by atoms with Gasteiger partial charge in [0.25, 0.3) is 0 Å². The number of rotatable bonds is 6. The summed E-state index contributed by atoms with van der Waals surface area (Å²) in [5.41, 5.74) is 2.03. The molecule has 1 atom stereocenters. The van der Waals surface area contributed by atoms with E-state index in [9.17, 15) is 4.39 Å². The predicted octanol–water partition coefficient (Wildman–Crippen LogP) is 3.88. The fourth-order valence-electron chi connectivity index (χ4n) is 3.23. The first kappa shape index (κ1) is 15.2. The van der Waals surface area contributed by atoms with Crippen LogP contribution in [0, 0.1) is 5.82 Å². The van der Waals surface area contributed by atoms with Crippen LogP contribution in [-0.2, 0) is 13.0 Å². The van der Waals surface area contributed by atoms with Crippen LogP contribution in [0.1, 0.15) is 49.2 Å². The first-order chi connectivity index (χ1) is 10.8. The predicted molar refractivity (Wildman–Crippen MR) is 86.2 cm³/mol. The molecule has 1 aromatic heterocycles. The summed E-state index contributed by atoms with van der Waals surface area (Å²) in [6.07, 6.45) is 6.35. The van der Waals surface area contributed by atoms with Gasteiger partial charge in [-0.3, -0.25) is 4.90 Å². The summed E-state index contributed by atoms with van der Waals surface area (Å²) >= 11 is 0. The summed E-state index contributed by atoms with van der Waals surface area (Å²) < 4.78 is 13.9. The summed E-state index contributed by atoms with van der Waals surface area (Å²) in [4.78, 5) is 10.2. The van der Waals surface area contributed by atoms with Gasteiger partial charge in [0.2, 0.25) is 0 Å². The lowest BCUT2D eigenvalue weighted by molar-refractivity contribution is 0.322. The third-order valence-electron chi connectivity index (χ3n) is 4.46. The molecule has 0 bridgehead atoms. The number of aromatic nitrogens is 2. The summed E-state index contributed by atoms with van der Waals surface area (Å²) in [7, 11) is 0. The first-order valence-corrected chi connectivity index (χ1v) is 8.25. The lowest BCUT2D eigenvalue weighted by atomic mass is 9.98. The maximum Gasteiger partial charge on any atom is 0.126 e. The van der Waals surface area contributed by atoms with Crippen LogP contribution < -0.4 is 0 Å². The Bertz CT molecular complexity index is 608. The van der Waals surface area contributed by atoms with Gasteiger partial charge in [0, 0.05) is 37.3 Å². The number of aryl methyl sites for hydroxylation is 1. The molecule has 1 aliphatic heterocycles. The van der Waals surface area contributed by atoms with Crippen molar-refractivity contribution < 1.29 is 4.39 Å². The second-order valence-electron chi connectivity index (χ2n) is 6.20. The average Bonchev–Trinajstić information content (AvgIpc) is 3.16. The largest absolute Gasteiger partial charge is 0.345 e. The monoisotopic (exact) mass is 301 g/mol. The molecule has 1 fully saturated rings. The molecule has 0 unspecified atom stereocenters. The van der Waals surface area contributed by atoms with Crippen LogP contribution >= 0.6 is 0 Å². The lowest BCUT2D eigenvalue weighted by Crippen LogP contribution is -2.20. The Morgan fingerprint density at radius 1 is 1.36 bits per heavy atom. The number of H-pyrrole nitrogens is 1. The lowest BCUT2D eigenvalue weighted by Gasteiger charge is -2.15. The van der Waals surface area contributed by atoms with Crippen LogP contribution in [0.3, 0.4) is 0 Å². The topological polar surface area (TPSA) is 31.9 Å². The number of halogens is 1. The molecule has 1 aliphatic rings. The fourth-order valence-corrected chi connectivity index (χ4v) is 3.23. The molecule has 1 saturated heterocycles. The molecule has 1 aromatic carbocycles. The number of hydrogen-bond acceptors (Lipinski definition) is 2. The van der Waals surface area contributed by atoms with E-state index >= 15 is 0 Å². The standard InChI is InChI=1S/C18H24FN3/c1-2-3-8-18-20-11-15(21-18)13-22-10-9-14(12-22)16-6-4-5-7-17(16)19/h4-7,11,14H,2-3,8-10,12-13H2,1H3,(H,20,21)/t14-/m1/s1. The molecular weight excluding hydrogens is 277 g/mol. The van der Waals surface area contributed by atoms with E-state index in [0.29, 0.717) is 5.92 Å². The maximum atomic E-state index is 13.9. The zero-order valence-corrected chi connectivity index (χ0v) is 13.2. The van der Waals surface area contributed by atoms with Crippen molar-refractivity contribution in [3.63, 3.8) is 0 Å². The van der Waals surface area contributed by atoms with Gasteiger partial charge in [-0.1, -0.05) is 31.5 Å². The van der Waals surface area contributed by atoms with Crippen LogP contribution in [0.5, 0.6) is 0 Å². The Balaban J connectivity index is 1.57. The van der Waals surface area contributed by atoms with Crippen molar-refractivity contribution in [3.05, 3.63) is 53.4 Å². The minimum Gasteiger partial charge on any atom is -0.345 e. The molecule has 118 valence electrons. The van der Waals surface area contributed by atoms with E-state index in [1.54, 1.807) is 12.1 Å². The maximum absolute atomic E-state index is 13.9. The number of imidazole rings is 1. The molecule has 0 radical (unpaired) electrons. The number of nitrogens with zero attached hydrogens (tertiary/aromatic N) is 2. The van der Waals surface area contributed by atoms with Gasteiger partial charge < -0.3 is 4.98 Å². The number of benzene rings is 1. The van der Waals surface area contributed by atoms with Crippen LogP contribution in [0.2, 0.25) is 0 Å². The smallest absolute Gasteiger partial charge is 0.126 e. The van der Waals surface area contributed by atoms with Gasteiger partial charge in [-0.25, -0.2) is 9.37 Å². The van der Waals surface area contributed by atoms with Gasteiger partial charge in [-0.15, -0.1) is 0 Å². The third kappa shape index (κ3) is 3.55. The van der Waals surface area contributed by atoms with Gasteiger partial charge >= 0.3 is 0 Å².